The fraction of sp³-hybridized carbons (Fsp3) is 0.600. The molecule has 0 atom stereocenters. The molecule has 3 heteroatoms. The van der Waals surface area contributed by atoms with Crippen molar-refractivity contribution in [2.45, 2.75) is 33.2 Å². The Morgan fingerprint density at radius 1 is 1.06 bits per heavy atom. The molecule has 1 N–H and O–H groups in total. The minimum absolute atomic E-state index is 0.261. The summed E-state index contributed by atoms with van der Waals surface area (Å²) in [6.45, 7) is 13.1. The molecule has 1 saturated heterocycles. The summed E-state index contributed by atoms with van der Waals surface area (Å²) >= 11 is 0. The number of phenolic OH excluding ortho intramolecular Hbond substituents is 1. The lowest BCUT2D eigenvalue weighted by Crippen LogP contribution is -2.53. The molecule has 100 valence electrons. The average Bonchev–Trinajstić information content (AvgIpc) is 2.32. The molecule has 0 amide bonds. The number of anilines is 1. The smallest absolute Gasteiger partial charge is 0.118 e. The largest absolute Gasteiger partial charge is 0.508 e. The van der Waals surface area contributed by atoms with E-state index >= 15 is 0 Å². The van der Waals surface area contributed by atoms with Crippen molar-refractivity contribution in [2.75, 3.05) is 31.1 Å². The lowest BCUT2D eigenvalue weighted by atomic mass is 10.0. The molecule has 1 fully saturated rings. The lowest BCUT2D eigenvalue weighted by molar-refractivity contribution is 0.128. The molecule has 1 aromatic rings. The molecule has 0 aliphatic carbocycles. The summed E-state index contributed by atoms with van der Waals surface area (Å²) in [5.41, 5.74) is 2.43. The van der Waals surface area contributed by atoms with Crippen LogP contribution in [0.25, 0.3) is 0 Å². The molecule has 1 aliphatic rings. The van der Waals surface area contributed by atoms with Gasteiger partial charge in [0.2, 0.25) is 0 Å². The monoisotopic (exact) mass is 248 g/mol. The van der Waals surface area contributed by atoms with Crippen molar-refractivity contribution in [3.05, 3.63) is 23.8 Å². The highest BCUT2D eigenvalue weighted by atomic mass is 16.3. The van der Waals surface area contributed by atoms with Gasteiger partial charge in [0.25, 0.3) is 0 Å². The van der Waals surface area contributed by atoms with Crippen molar-refractivity contribution >= 4 is 5.69 Å². The molecular weight excluding hydrogens is 224 g/mol. The molecule has 18 heavy (non-hydrogen) atoms. The van der Waals surface area contributed by atoms with Crippen molar-refractivity contribution < 1.29 is 5.11 Å². The molecule has 0 unspecified atom stereocenters. The van der Waals surface area contributed by atoms with Crippen LogP contribution < -0.4 is 4.90 Å². The maximum absolute atomic E-state index is 9.56. The van der Waals surface area contributed by atoms with Crippen molar-refractivity contribution in [2.24, 2.45) is 0 Å². The summed E-state index contributed by atoms with van der Waals surface area (Å²) < 4.78 is 0. The number of phenols is 1. The highest BCUT2D eigenvalue weighted by Gasteiger charge is 2.25. The van der Waals surface area contributed by atoms with Crippen molar-refractivity contribution in [1.82, 2.24) is 4.90 Å². The quantitative estimate of drug-likeness (QED) is 0.827. The number of hydrogen-bond acceptors (Lipinski definition) is 3. The predicted octanol–water partition coefficient (Wildman–Crippen LogP) is 2.62. The Morgan fingerprint density at radius 2 is 1.67 bits per heavy atom. The van der Waals surface area contributed by atoms with Crippen molar-refractivity contribution in [1.29, 1.82) is 0 Å². The second-order valence-corrected chi connectivity index (χ2v) is 6.12. The number of rotatable bonds is 1. The molecule has 1 aliphatic heterocycles. The van der Waals surface area contributed by atoms with Crippen LogP contribution in [0, 0.1) is 6.92 Å². The van der Waals surface area contributed by atoms with Gasteiger partial charge in [-0.1, -0.05) is 0 Å². The van der Waals surface area contributed by atoms with Gasteiger partial charge in [-0.15, -0.1) is 0 Å². The summed E-state index contributed by atoms with van der Waals surface area (Å²) in [4.78, 5) is 4.92. The lowest BCUT2D eigenvalue weighted by Gasteiger charge is -2.43. The van der Waals surface area contributed by atoms with E-state index in [0.717, 1.165) is 31.7 Å². The molecule has 1 heterocycles. The summed E-state index contributed by atoms with van der Waals surface area (Å²) in [7, 11) is 0. The van der Waals surface area contributed by atoms with E-state index in [4.69, 9.17) is 0 Å². The standard InChI is InChI=1S/C15H24N2O/c1-12-11-13(5-6-14(12)18)16-7-9-17(10-8-16)15(2,3)4/h5-6,11,18H,7-10H2,1-4H3. The Balaban J connectivity index is 2.03. The van der Waals surface area contributed by atoms with Gasteiger partial charge < -0.3 is 10.0 Å². The van der Waals surface area contributed by atoms with E-state index in [-0.39, 0.29) is 5.54 Å². The van der Waals surface area contributed by atoms with Crippen molar-refractivity contribution in [3.8, 4) is 5.75 Å². The third kappa shape index (κ3) is 2.78. The highest BCUT2D eigenvalue weighted by Crippen LogP contribution is 2.25. The van der Waals surface area contributed by atoms with E-state index in [2.05, 4.69) is 36.6 Å². The minimum atomic E-state index is 0.261. The van der Waals surface area contributed by atoms with Crippen molar-refractivity contribution in [3.63, 3.8) is 0 Å². The first-order valence-electron chi connectivity index (χ1n) is 6.67. The zero-order valence-corrected chi connectivity index (χ0v) is 11.9. The van der Waals surface area contributed by atoms with Gasteiger partial charge in [-0.3, -0.25) is 4.90 Å². The highest BCUT2D eigenvalue weighted by molar-refractivity contribution is 5.52. The first-order chi connectivity index (χ1) is 8.38. The molecule has 3 nitrogen and oxygen atoms in total. The van der Waals surface area contributed by atoms with Crippen LogP contribution in [0.15, 0.2) is 18.2 Å². The van der Waals surface area contributed by atoms with Gasteiger partial charge in [-0.25, -0.2) is 0 Å². The molecule has 0 aromatic heterocycles. The van der Waals surface area contributed by atoms with Crippen LogP contribution in [-0.4, -0.2) is 41.7 Å². The summed E-state index contributed by atoms with van der Waals surface area (Å²) in [5, 5.41) is 9.56. The van der Waals surface area contributed by atoms with Crippen LogP contribution in [-0.2, 0) is 0 Å². The van der Waals surface area contributed by atoms with Crippen LogP contribution in [0.4, 0.5) is 5.69 Å². The van der Waals surface area contributed by atoms with Crippen LogP contribution in [0.5, 0.6) is 5.75 Å². The molecular formula is C15H24N2O. The topological polar surface area (TPSA) is 26.7 Å². The van der Waals surface area contributed by atoms with Gasteiger partial charge >= 0.3 is 0 Å². The van der Waals surface area contributed by atoms with E-state index < -0.39 is 0 Å². The fourth-order valence-electron chi connectivity index (χ4n) is 2.47. The van der Waals surface area contributed by atoms with Gasteiger partial charge in [-0.05, 0) is 51.5 Å². The third-order valence-corrected chi connectivity index (χ3v) is 3.77. The maximum atomic E-state index is 9.56. The van der Waals surface area contributed by atoms with E-state index in [1.54, 1.807) is 6.07 Å². The van der Waals surface area contributed by atoms with Crippen LogP contribution >= 0.6 is 0 Å². The van der Waals surface area contributed by atoms with Gasteiger partial charge in [-0.2, -0.15) is 0 Å². The average molecular weight is 248 g/mol. The van der Waals surface area contributed by atoms with Gasteiger partial charge in [0, 0.05) is 37.4 Å². The zero-order valence-electron chi connectivity index (χ0n) is 11.9. The molecule has 2 rings (SSSR count). The first-order valence-corrected chi connectivity index (χ1v) is 6.67. The number of nitrogens with zero attached hydrogens (tertiary/aromatic N) is 2. The normalized spacial score (nSPS) is 18.1. The van der Waals surface area contributed by atoms with Crippen LogP contribution in [0.1, 0.15) is 26.3 Å². The van der Waals surface area contributed by atoms with Gasteiger partial charge in [0.05, 0.1) is 0 Å². The van der Waals surface area contributed by atoms with E-state index in [9.17, 15) is 5.11 Å². The Labute approximate surface area is 110 Å². The van der Waals surface area contributed by atoms with Crippen LogP contribution in [0.3, 0.4) is 0 Å². The minimum Gasteiger partial charge on any atom is -0.508 e. The third-order valence-electron chi connectivity index (χ3n) is 3.77. The summed E-state index contributed by atoms with van der Waals surface area (Å²) in [5.74, 6) is 0.382. The summed E-state index contributed by atoms with van der Waals surface area (Å²) in [6.07, 6.45) is 0. The number of aromatic hydroxyl groups is 1. The van der Waals surface area contributed by atoms with Gasteiger partial charge in [0.15, 0.2) is 0 Å². The second kappa shape index (κ2) is 4.81. The fourth-order valence-corrected chi connectivity index (χ4v) is 2.47. The Kier molecular flexibility index (Phi) is 3.53. The molecule has 0 bridgehead atoms. The zero-order chi connectivity index (χ0) is 13.3. The predicted molar refractivity (Wildman–Crippen MR) is 76.4 cm³/mol. The Morgan fingerprint density at radius 3 is 2.17 bits per heavy atom. The number of aryl methyl sites for hydroxylation is 1. The maximum Gasteiger partial charge on any atom is 0.118 e. The molecule has 0 radical (unpaired) electrons. The number of benzene rings is 1. The Hall–Kier alpha value is -1.22. The first kappa shape index (κ1) is 13.2. The van der Waals surface area contributed by atoms with Gasteiger partial charge in [0.1, 0.15) is 5.75 Å². The van der Waals surface area contributed by atoms with E-state index in [1.165, 1.54) is 5.69 Å². The molecule has 0 spiro atoms. The Bertz CT molecular complexity index is 415. The number of hydrogen-bond donors (Lipinski definition) is 1. The molecule has 0 saturated carbocycles. The summed E-state index contributed by atoms with van der Waals surface area (Å²) in [6, 6.07) is 5.87. The second-order valence-electron chi connectivity index (χ2n) is 6.12. The van der Waals surface area contributed by atoms with E-state index in [0.29, 0.717) is 5.75 Å². The van der Waals surface area contributed by atoms with E-state index in [1.807, 2.05) is 13.0 Å². The van der Waals surface area contributed by atoms with Crippen LogP contribution in [0.2, 0.25) is 0 Å². The number of piperazine rings is 1. The molecule has 1 aromatic carbocycles. The SMILES string of the molecule is Cc1cc(N2CCN(C(C)(C)C)CC2)ccc1O.